The molecule has 10 heteroatoms. The number of fused-ring (bicyclic) bond motifs is 1. The zero-order valence-electron chi connectivity index (χ0n) is 18.5. The topological polar surface area (TPSA) is 138 Å². The molecule has 1 aliphatic rings. The highest BCUT2D eigenvalue weighted by Gasteiger charge is 2.31. The Bertz CT molecular complexity index is 1490. The minimum atomic E-state index is -0.374. The molecule has 0 radical (unpaired) electrons. The van der Waals surface area contributed by atoms with E-state index < -0.39 is 0 Å². The third kappa shape index (κ3) is 3.67. The van der Waals surface area contributed by atoms with Gasteiger partial charge in [0.15, 0.2) is 0 Å². The summed E-state index contributed by atoms with van der Waals surface area (Å²) in [5.41, 5.74) is 7.73. The van der Waals surface area contributed by atoms with Gasteiger partial charge in [-0.3, -0.25) is 9.36 Å². The van der Waals surface area contributed by atoms with Crippen LogP contribution >= 0.6 is 0 Å². The lowest BCUT2D eigenvalue weighted by atomic mass is 10.1. The van der Waals surface area contributed by atoms with Gasteiger partial charge in [-0.05, 0) is 38.8 Å². The number of aryl methyl sites for hydroxylation is 1. The maximum atomic E-state index is 13.6. The summed E-state index contributed by atoms with van der Waals surface area (Å²) in [6.07, 6.45) is 3.22. The minimum Gasteiger partial charge on any atom is -0.421 e. The van der Waals surface area contributed by atoms with Crippen LogP contribution in [-0.2, 0) is 0 Å². The van der Waals surface area contributed by atoms with E-state index in [4.69, 9.17) is 15.1 Å². The van der Waals surface area contributed by atoms with E-state index >= 15 is 0 Å². The van der Waals surface area contributed by atoms with E-state index in [1.807, 2.05) is 25.1 Å². The lowest BCUT2D eigenvalue weighted by molar-refractivity contribution is 0.532. The second-order valence-corrected chi connectivity index (χ2v) is 7.93. The highest BCUT2D eigenvalue weighted by Crippen LogP contribution is 2.37. The van der Waals surface area contributed by atoms with E-state index in [0.29, 0.717) is 39.6 Å². The van der Waals surface area contributed by atoms with Crippen molar-refractivity contribution in [3.63, 3.8) is 0 Å². The number of benzene rings is 1. The van der Waals surface area contributed by atoms with Crippen molar-refractivity contribution in [1.29, 1.82) is 0 Å². The lowest BCUT2D eigenvalue weighted by Gasteiger charge is -2.21. The number of nitrogens with one attached hydrogen (secondary N) is 1. The maximum absolute atomic E-state index is 13.6. The second-order valence-electron chi connectivity index (χ2n) is 7.93. The number of hydrogen-bond acceptors (Lipinski definition) is 9. The summed E-state index contributed by atoms with van der Waals surface area (Å²) in [6, 6.07) is 5.28. The number of hydrogen-bond donors (Lipinski definition) is 2. The molecular formula is C23H22N8O2. The predicted octanol–water partition coefficient (Wildman–Crippen LogP) is 3.01. The third-order valence-electron chi connectivity index (χ3n) is 5.49. The summed E-state index contributed by atoms with van der Waals surface area (Å²) in [5.74, 6) is 7.76. The van der Waals surface area contributed by atoms with Gasteiger partial charge in [0.25, 0.3) is 11.4 Å². The third-order valence-corrected chi connectivity index (χ3v) is 5.49. The van der Waals surface area contributed by atoms with Crippen molar-refractivity contribution in [2.45, 2.75) is 45.7 Å². The van der Waals surface area contributed by atoms with Crippen molar-refractivity contribution in [3.8, 4) is 23.3 Å². The van der Waals surface area contributed by atoms with E-state index in [2.05, 4.69) is 37.3 Å². The number of nitrogens with zero attached hydrogens (tertiary/aromatic N) is 6. The van der Waals surface area contributed by atoms with Crippen LogP contribution in [0.4, 0.5) is 11.6 Å². The first-order chi connectivity index (χ1) is 16.0. The molecule has 1 aliphatic carbocycles. The Morgan fingerprint density at radius 2 is 2.09 bits per heavy atom. The van der Waals surface area contributed by atoms with Gasteiger partial charge in [0, 0.05) is 18.5 Å². The van der Waals surface area contributed by atoms with Gasteiger partial charge < -0.3 is 15.5 Å². The molecule has 0 saturated heterocycles. The SMILES string of the molecule is CC#Cc1cccc2nc([C@H](C)Nc3ncnc(N)c3-c3nnc(C)o3)n(C3CC3)c(=O)c12. The van der Waals surface area contributed by atoms with E-state index in [1.165, 1.54) is 6.33 Å². The van der Waals surface area contributed by atoms with E-state index in [-0.39, 0.29) is 29.4 Å². The van der Waals surface area contributed by atoms with Crippen LogP contribution in [0.1, 0.15) is 56.1 Å². The first-order valence-electron chi connectivity index (χ1n) is 10.6. The summed E-state index contributed by atoms with van der Waals surface area (Å²) < 4.78 is 7.34. The molecule has 0 amide bonds. The standard InChI is InChI=1S/C23H22N8O2/c1-4-6-14-7-5-8-16-17(14)23(32)31(15-9-10-15)21(28-16)12(2)27-20-18(19(24)25-11-26-20)22-30-29-13(3)33-22/h5,7-8,11-12,15H,9-10H2,1-3H3,(H3,24,25,26,27)/t12-/m0/s1. The Balaban J connectivity index is 1.63. The Morgan fingerprint density at radius 3 is 2.79 bits per heavy atom. The van der Waals surface area contributed by atoms with Gasteiger partial charge in [0.2, 0.25) is 5.89 Å². The van der Waals surface area contributed by atoms with Crippen molar-refractivity contribution >= 4 is 22.5 Å². The van der Waals surface area contributed by atoms with Gasteiger partial charge in [0.05, 0.1) is 16.9 Å². The molecule has 0 aliphatic heterocycles. The van der Waals surface area contributed by atoms with Crippen LogP contribution in [0, 0.1) is 18.8 Å². The molecular weight excluding hydrogens is 420 g/mol. The molecule has 4 aromatic rings. The molecule has 5 rings (SSSR count). The molecule has 0 unspecified atom stereocenters. The Kier molecular flexibility index (Phi) is 5.01. The van der Waals surface area contributed by atoms with Gasteiger partial charge in [-0.2, -0.15) is 0 Å². The van der Waals surface area contributed by atoms with Gasteiger partial charge in [0.1, 0.15) is 29.4 Å². The van der Waals surface area contributed by atoms with Crippen molar-refractivity contribution < 1.29 is 4.42 Å². The summed E-state index contributed by atoms with van der Waals surface area (Å²) in [4.78, 5) is 26.8. The van der Waals surface area contributed by atoms with Gasteiger partial charge in [-0.15, -0.1) is 16.1 Å². The normalized spacial score (nSPS) is 14.0. The molecule has 1 saturated carbocycles. The molecule has 1 fully saturated rings. The fourth-order valence-electron chi connectivity index (χ4n) is 3.88. The molecule has 33 heavy (non-hydrogen) atoms. The minimum absolute atomic E-state index is 0.0838. The van der Waals surface area contributed by atoms with Crippen molar-refractivity contribution in [2.75, 3.05) is 11.1 Å². The first-order valence-corrected chi connectivity index (χ1v) is 10.6. The summed E-state index contributed by atoms with van der Waals surface area (Å²) in [6.45, 7) is 5.36. The number of anilines is 2. The quantitative estimate of drug-likeness (QED) is 0.447. The smallest absolute Gasteiger partial charge is 0.262 e. The number of nitrogens with two attached hydrogens (primary N) is 1. The zero-order valence-corrected chi connectivity index (χ0v) is 18.5. The summed E-state index contributed by atoms with van der Waals surface area (Å²) in [7, 11) is 0. The average Bonchev–Trinajstić information content (AvgIpc) is 3.54. The predicted molar refractivity (Wildman–Crippen MR) is 123 cm³/mol. The molecule has 0 bridgehead atoms. The van der Waals surface area contributed by atoms with E-state index in [1.54, 1.807) is 18.4 Å². The maximum Gasteiger partial charge on any atom is 0.262 e. The molecule has 3 aromatic heterocycles. The zero-order chi connectivity index (χ0) is 23.1. The van der Waals surface area contributed by atoms with Crippen molar-refractivity contribution in [2.24, 2.45) is 0 Å². The van der Waals surface area contributed by atoms with Crippen LogP contribution in [0.25, 0.3) is 22.4 Å². The first kappa shape index (κ1) is 20.6. The fourth-order valence-corrected chi connectivity index (χ4v) is 3.88. The van der Waals surface area contributed by atoms with Gasteiger partial charge in [-0.1, -0.05) is 12.0 Å². The van der Waals surface area contributed by atoms with Crippen LogP contribution in [0.15, 0.2) is 33.7 Å². The van der Waals surface area contributed by atoms with Gasteiger partial charge >= 0.3 is 0 Å². The Labute approximate surface area is 189 Å². The Hall–Kier alpha value is -4.26. The number of nitrogen functional groups attached to an aromatic ring is 1. The van der Waals surface area contributed by atoms with E-state index in [9.17, 15) is 4.79 Å². The molecule has 10 nitrogen and oxygen atoms in total. The number of rotatable bonds is 5. The number of aromatic nitrogens is 6. The second kappa shape index (κ2) is 8.02. The molecule has 3 N–H and O–H groups in total. The van der Waals surface area contributed by atoms with Crippen LogP contribution in [-0.4, -0.2) is 29.7 Å². The van der Waals surface area contributed by atoms with Crippen LogP contribution < -0.4 is 16.6 Å². The largest absolute Gasteiger partial charge is 0.421 e. The van der Waals surface area contributed by atoms with Crippen LogP contribution in [0.2, 0.25) is 0 Å². The molecule has 3 heterocycles. The van der Waals surface area contributed by atoms with Crippen LogP contribution in [0.5, 0.6) is 0 Å². The lowest BCUT2D eigenvalue weighted by Crippen LogP contribution is -2.28. The average molecular weight is 442 g/mol. The molecule has 166 valence electrons. The van der Waals surface area contributed by atoms with Crippen molar-refractivity contribution in [3.05, 3.63) is 52.2 Å². The monoisotopic (exact) mass is 442 g/mol. The fraction of sp³-hybridized carbons (Fsp3) is 0.304. The molecule has 1 atom stereocenters. The van der Waals surface area contributed by atoms with E-state index in [0.717, 1.165) is 12.8 Å². The highest BCUT2D eigenvalue weighted by molar-refractivity contribution is 5.84. The summed E-state index contributed by atoms with van der Waals surface area (Å²) in [5, 5.41) is 11.8. The summed E-state index contributed by atoms with van der Waals surface area (Å²) >= 11 is 0. The van der Waals surface area contributed by atoms with Crippen molar-refractivity contribution in [1.82, 2.24) is 29.7 Å². The molecule has 1 aromatic carbocycles. The molecule has 0 spiro atoms. The highest BCUT2D eigenvalue weighted by atomic mass is 16.4. The van der Waals surface area contributed by atoms with Crippen LogP contribution in [0.3, 0.4) is 0 Å². The Morgan fingerprint density at radius 1 is 1.27 bits per heavy atom. The van der Waals surface area contributed by atoms with Gasteiger partial charge in [-0.25, -0.2) is 15.0 Å².